The number of aryl methyl sites for hydroxylation is 1. The van der Waals surface area contributed by atoms with Crippen LogP contribution in [0.5, 0.6) is 0 Å². The highest BCUT2D eigenvalue weighted by atomic mass is 14.9. The molecule has 5 aromatic carbocycles. The summed E-state index contributed by atoms with van der Waals surface area (Å²) in [5.74, 6) is 2.31. The van der Waals surface area contributed by atoms with E-state index in [0.29, 0.717) is 5.92 Å². The largest absolute Gasteiger partial charge is 0.342 e. The zero-order valence-electron chi connectivity index (χ0n) is 21.4. The number of H-pyrrole nitrogens is 2. The molecule has 0 aliphatic rings. The maximum absolute atomic E-state index is 4.92. The van der Waals surface area contributed by atoms with Gasteiger partial charge in [-0.25, -0.2) is 9.97 Å². The summed E-state index contributed by atoms with van der Waals surface area (Å²) < 4.78 is 0. The first-order chi connectivity index (χ1) is 18.5. The molecular weight excluding hydrogens is 466 g/mol. The fraction of sp³-hybridized carbons (Fsp3) is 0.121. The normalized spacial score (nSPS) is 12.3. The van der Waals surface area contributed by atoms with Gasteiger partial charge in [0.15, 0.2) is 0 Å². The molecule has 0 unspecified atom stereocenters. The molecule has 182 valence electrons. The van der Waals surface area contributed by atoms with Crippen molar-refractivity contribution in [2.75, 3.05) is 0 Å². The van der Waals surface area contributed by atoms with Gasteiger partial charge in [0.1, 0.15) is 11.6 Å². The van der Waals surface area contributed by atoms with Gasteiger partial charge >= 0.3 is 0 Å². The molecule has 0 aliphatic carbocycles. The summed E-state index contributed by atoms with van der Waals surface area (Å²) in [6.45, 7) is 6.34. The molecule has 0 radical (unpaired) electrons. The van der Waals surface area contributed by atoms with Crippen LogP contribution in [0.1, 0.15) is 31.4 Å². The Morgan fingerprint density at radius 1 is 0.632 bits per heavy atom. The summed E-state index contributed by atoms with van der Waals surface area (Å²) in [5.41, 5.74) is 7.54. The Morgan fingerprint density at radius 2 is 1.42 bits per heavy atom. The van der Waals surface area contributed by atoms with Crippen molar-refractivity contribution in [1.82, 2.24) is 24.9 Å². The third kappa shape index (κ3) is 2.96. The standard InChI is InChI=1S/C33H25N5/c1-17(2)33-37-28-13-12-23-22-9-6-19(15-21(22)8-11-24(23)30(28)38-33)20-7-10-25-27(16-20)29-26(5-4-14-34-29)32-31(25)35-18(3)36-32/h4-17H,1-3H3,(H,35,36)(H,37,38). The average molecular weight is 492 g/mol. The summed E-state index contributed by atoms with van der Waals surface area (Å²) in [7, 11) is 0. The molecule has 0 amide bonds. The molecular formula is C33H25N5. The lowest BCUT2D eigenvalue weighted by Crippen LogP contribution is -1.88. The number of fused-ring (bicyclic) bond motifs is 11. The SMILES string of the molecule is Cc1nc2c3cccnc3c3cc(-c4ccc5c(ccc6c5ccc5[nH]c(C(C)C)nc56)c4)ccc3c2[nH]1. The highest BCUT2D eigenvalue weighted by Crippen LogP contribution is 2.37. The number of aromatic nitrogens is 5. The van der Waals surface area contributed by atoms with Crippen LogP contribution in [-0.4, -0.2) is 24.9 Å². The van der Waals surface area contributed by atoms with Crippen molar-refractivity contribution in [2.24, 2.45) is 0 Å². The maximum atomic E-state index is 4.92. The van der Waals surface area contributed by atoms with Gasteiger partial charge in [0.2, 0.25) is 0 Å². The average Bonchev–Trinajstić information content (AvgIpc) is 3.56. The summed E-state index contributed by atoms with van der Waals surface area (Å²) in [5, 5.41) is 8.23. The van der Waals surface area contributed by atoms with E-state index in [1.807, 2.05) is 19.2 Å². The molecule has 0 spiro atoms. The van der Waals surface area contributed by atoms with Gasteiger partial charge in [-0.1, -0.05) is 56.3 Å². The van der Waals surface area contributed by atoms with Crippen molar-refractivity contribution in [3.63, 3.8) is 0 Å². The second-order valence-corrected chi connectivity index (χ2v) is 10.5. The predicted octanol–water partition coefficient (Wildman–Crippen LogP) is 8.55. The number of pyridine rings is 1. The monoisotopic (exact) mass is 491 g/mol. The lowest BCUT2D eigenvalue weighted by molar-refractivity contribution is 0.799. The van der Waals surface area contributed by atoms with Crippen molar-refractivity contribution >= 4 is 65.3 Å². The van der Waals surface area contributed by atoms with Gasteiger partial charge in [-0.15, -0.1) is 0 Å². The van der Waals surface area contributed by atoms with E-state index < -0.39 is 0 Å². The highest BCUT2D eigenvalue weighted by molar-refractivity contribution is 6.22. The topological polar surface area (TPSA) is 70.2 Å². The molecule has 0 fully saturated rings. The first kappa shape index (κ1) is 21.3. The molecule has 8 aromatic rings. The summed E-state index contributed by atoms with van der Waals surface area (Å²) in [4.78, 5) is 21.4. The van der Waals surface area contributed by atoms with E-state index in [2.05, 4.69) is 90.5 Å². The molecule has 0 saturated carbocycles. The van der Waals surface area contributed by atoms with Crippen LogP contribution in [0.25, 0.3) is 76.4 Å². The Bertz CT molecular complexity index is 2230. The number of nitrogens with zero attached hydrogens (tertiary/aromatic N) is 3. The number of rotatable bonds is 2. The minimum absolute atomic E-state index is 0.364. The van der Waals surface area contributed by atoms with Crippen LogP contribution in [-0.2, 0) is 0 Å². The Balaban J connectivity index is 1.33. The number of hydrogen-bond donors (Lipinski definition) is 2. The number of aromatic amines is 2. The third-order valence-electron chi connectivity index (χ3n) is 7.79. The van der Waals surface area contributed by atoms with Crippen molar-refractivity contribution in [3.05, 3.63) is 90.6 Å². The van der Waals surface area contributed by atoms with Gasteiger partial charge in [-0.2, -0.15) is 0 Å². The molecule has 38 heavy (non-hydrogen) atoms. The summed E-state index contributed by atoms with van der Waals surface area (Å²) >= 11 is 0. The molecule has 0 atom stereocenters. The molecule has 8 rings (SSSR count). The van der Waals surface area contributed by atoms with Crippen LogP contribution in [0, 0.1) is 6.92 Å². The predicted molar refractivity (Wildman–Crippen MR) is 158 cm³/mol. The van der Waals surface area contributed by atoms with E-state index in [4.69, 9.17) is 15.0 Å². The molecule has 0 bridgehead atoms. The second-order valence-electron chi connectivity index (χ2n) is 10.5. The zero-order chi connectivity index (χ0) is 25.5. The van der Waals surface area contributed by atoms with Crippen molar-refractivity contribution in [3.8, 4) is 11.1 Å². The number of hydrogen-bond acceptors (Lipinski definition) is 3. The Kier molecular flexibility index (Phi) is 4.28. The smallest absolute Gasteiger partial charge is 0.109 e. The molecule has 2 N–H and O–H groups in total. The van der Waals surface area contributed by atoms with Crippen molar-refractivity contribution in [2.45, 2.75) is 26.7 Å². The van der Waals surface area contributed by atoms with Gasteiger partial charge < -0.3 is 9.97 Å². The van der Waals surface area contributed by atoms with Crippen LogP contribution < -0.4 is 0 Å². The fourth-order valence-electron chi connectivity index (χ4n) is 5.92. The fourth-order valence-corrected chi connectivity index (χ4v) is 5.92. The van der Waals surface area contributed by atoms with Crippen LogP contribution in [0.2, 0.25) is 0 Å². The van der Waals surface area contributed by atoms with E-state index in [0.717, 1.165) is 55.4 Å². The lowest BCUT2D eigenvalue weighted by Gasteiger charge is -2.10. The quantitative estimate of drug-likeness (QED) is 0.238. The van der Waals surface area contributed by atoms with Gasteiger partial charge in [0.25, 0.3) is 0 Å². The van der Waals surface area contributed by atoms with Crippen molar-refractivity contribution in [1.29, 1.82) is 0 Å². The molecule has 3 heterocycles. The number of benzene rings is 5. The first-order valence-electron chi connectivity index (χ1n) is 13.1. The van der Waals surface area contributed by atoms with Crippen LogP contribution >= 0.6 is 0 Å². The van der Waals surface area contributed by atoms with Gasteiger partial charge in [-0.3, -0.25) is 4.98 Å². The van der Waals surface area contributed by atoms with E-state index >= 15 is 0 Å². The number of nitrogens with one attached hydrogen (secondary N) is 2. The zero-order valence-corrected chi connectivity index (χ0v) is 21.4. The van der Waals surface area contributed by atoms with Gasteiger partial charge in [0.05, 0.1) is 27.6 Å². The Hall–Kier alpha value is -4.77. The minimum Gasteiger partial charge on any atom is -0.342 e. The molecule has 0 aliphatic heterocycles. The lowest BCUT2D eigenvalue weighted by atomic mass is 9.95. The van der Waals surface area contributed by atoms with E-state index in [1.165, 1.54) is 32.7 Å². The molecule has 3 aromatic heterocycles. The maximum Gasteiger partial charge on any atom is 0.109 e. The molecule has 0 saturated heterocycles. The molecule has 5 heteroatoms. The van der Waals surface area contributed by atoms with Crippen LogP contribution in [0.15, 0.2) is 79.0 Å². The van der Waals surface area contributed by atoms with Gasteiger partial charge in [-0.05, 0) is 64.5 Å². The Labute approximate surface area is 218 Å². The van der Waals surface area contributed by atoms with Crippen LogP contribution in [0.3, 0.4) is 0 Å². The third-order valence-corrected chi connectivity index (χ3v) is 7.79. The van der Waals surface area contributed by atoms with E-state index in [-0.39, 0.29) is 0 Å². The van der Waals surface area contributed by atoms with Crippen LogP contribution in [0.4, 0.5) is 0 Å². The van der Waals surface area contributed by atoms with Crippen molar-refractivity contribution < 1.29 is 0 Å². The van der Waals surface area contributed by atoms with E-state index in [9.17, 15) is 0 Å². The summed E-state index contributed by atoms with van der Waals surface area (Å²) in [6, 6.07) is 26.3. The number of imidazole rings is 2. The minimum atomic E-state index is 0.364. The van der Waals surface area contributed by atoms with E-state index in [1.54, 1.807) is 0 Å². The summed E-state index contributed by atoms with van der Waals surface area (Å²) in [6.07, 6.45) is 1.86. The molecule has 5 nitrogen and oxygen atoms in total. The second kappa shape index (κ2) is 7.62. The first-order valence-corrected chi connectivity index (χ1v) is 13.1. The Morgan fingerprint density at radius 3 is 2.29 bits per heavy atom. The van der Waals surface area contributed by atoms with Gasteiger partial charge in [0, 0.05) is 33.7 Å². The highest BCUT2D eigenvalue weighted by Gasteiger charge is 2.15.